The molecule has 0 atom stereocenters. The molecule has 1 aromatic rings. The largest absolute Gasteiger partial charge is 0.481 e. The number of carboxylic acid groups (broad SMARTS) is 1. The molecular formula is C18H27NO4S. The predicted molar refractivity (Wildman–Crippen MR) is 97.2 cm³/mol. The molecule has 134 valence electrons. The standard InChI is InChI=1S/C18H27NO4S/c1-24(22,23)19(15-9-3-2-7-14-18(20)21)16-10-8-13-17-11-5-4-6-12-17/h4-6,8,11-13H,2-3,7,9-10,14-16H2,1H3,(H,20,21)/b13-8+. The number of unbranched alkanes of at least 4 members (excludes halogenated alkanes) is 3. The molecule has 0 fully saturated rings. The molecule has 0 spiro atoms. The number of aliphatic carboxylic acids is 1. The van der Waals surface area contributed by atoms with E-state index in [9.17, 15) is 13.2 Å². The highest BCUT2D eigenvalue weighted by atomic mass is 32.2. The monoisotopic (exact) mass is 353 g/mol. The lowest BCUT2D eigenvalue weighted by atomic mass is 10.1. The number of benzene rings is 1. The Morgan fingerprint density at radius 2 is 1.75 bits per heavy atom. The van der Waals surface area contributed by atoms with E-state index < -0.39 is 16.0 Å². The van der Waals surface area contributed by atoms with E-state index in [0.717, 1.165) is 24.8 Å². The minimum atomic E-state index is -3.21. The number of nitrogens with zero attached hydrogens (tertiary/aromatic N) is 1. The highest BCUT2D eigenvalue weighted by Gasteiger charge is 2.14. The topological polar surface area (TPSA) is 74.7 Å². The maximum Gasteiger partial charge on any atom is 0.303 e. The first-order valence-electron chi connectivity index (χ1n) is 8.28. The van der Waals surface area contributed by atoms with Crippen molar-refractivity contribution in [2.45, 2.75) is 38.5 Å². The van der Waals surface area contributed by atoms with Gasteiger partial charge < -0.3 is 5.11 Å². The maximum absolute atomic E-state index is 11.8. The molecule has 0 saturated carbocycles. The normalized spacial score (nSPS) is 12.1. The van der Waals surface area contributed by atoms with Gasteiger partial charge in [0.15, 0.2) is 0 Å². The molecule has 0 aromatic heterocycles. The Balaban J connectivity index is 2.32. The molecule has 24 heavy (non-hydrogen) atoms. The van der Waals surface area contributed by atoms with E-state index in [2.05, 4.69) is 0 Å². The molecule has 0 aliphatic rings. The first kappa shape index (κ1) is 20.4. The summed E-state index contributed by atoms with van der Waals surface area (Å²) in [5.74, 6) is -0.780. The summed E-state index contributed by atoms with van der Waals surface area (Å²) >= 11 is 0. The van der Waals surface area contributed by atoms with Gasteiger partial charge in [-0.1, -0.05) is 55.3 Å². The number of hydrogen-bond acceptors (Lipinski definition) is 3. The minimum Gasteiger partial charge on any atom is -0.481 e. The average molecular weight is 353 g/mol. The molecule has 0 bridgehead atoms. The Morgan fingerprint density at radius 1 is 1.08 bits per heavy atom. The second-order valence-corrected chi connectivity index (χ2v) is 7.80. The van der Waals surface area contributed by atoms with Gasteiger partial charge in [0.1, 0.15) is 0 Å². The number of sulfonamides is 1. The van der Waals surface area contributed by atoms with Gasteiger partial charge in [-0.2, -0.15) is 0 Å². The smallest absolute Gasteiger partial charge is 0.303 e. The average Bonchev–Trinajstić information content (AvgIpc) is 2.52. The van der Waals surface area contributed by atoms with Crippen LogP contribution in [0.5, 0.6) is 0 Å². The summed E-state index contributed by atoms with van der Waals surface area (Å²) in [7, 11) is -3.21. The third kappa shape index (κ3) is 9.47. The molecule has 1 rings (SSSR count). The summed E-state index contributed by atoms with van der Waals surface area (Å²) in [5.41, 5.74) is 1.10. The fourth-order valence-electron chi connectivity index (χ4n) is 2.36. The Labute approximate surface area is 145 Å². The zero-order valence-corrected chi connectivity index (χ0v) is 15.0. The van der Waals surface area contributed by atoms with Crippen LogP contribution in [0.2, 0.25) is 0 Å². The fourth-order valence-corrected chi connectivity index (χ4v) is 3.26. The van der Waals surface area contributed by atoms with Crippen LogP contribution in [0, 0.1) is 0 Å². The van der Waals surface area contributed by atoms with Gasteiger partial charge >= 0.3 is 5.97 Å². The molecule has 0 unspecified atom stereocenters. The zero-order valence-electron chi connectivity index (χ0n) is 14.2. The van der Waals surface area contributed by atoms with Crippen molar-refractivity contribution in [1.29, 1.82) is 0 Å². The molecule has 0 radical (unpaired) electrons. The van der Waals surface area contributed by atoms with Crippen molar-refractivity contribution in [1.82, 2.24) is 4.31 Å². The van der Waals surface area contributed by atoms with Gasteiger partial charge in [-0.05, 0) is 24.8 Å². The van der Waals surface area contributed by atoms with Crippen LogP contribution in [0.3, 0.4) is 0 Å². The van der Waals surface area contributed by atoms with Crippen molar-refractivity contribution < 1.29 is 18.3 Å². The maximum atomic E-state index is 11.8. The van der Waals surface area contributed by atoms with Crippen LogP contribution in [0.25, 0.3) is 6.08 Å². The van der Waals surface area contributed by atoms with E-state index in [1.165, 1.54) is 10.6 Å². The van der Waals surface area contributed by atoms with Crippen LogP contribution in [0.15, 0.2) is 36.4 Å². The first-order chi connectivity index (χ1) is 11.4. The minimum absolute atomic E-state index is 0.181. The molecule has 6 heteroatoms. The van der Waals surface area contributed by atoms with Gasteiger partial charge in [0.2, 0.25) is 10.0 Å². The highest BCUT2D eigenvalue weighted by molar-refractivity contribution is 7.88. The van der Waals surface area contributed by atoms with E-state index in [-0.39, 0.29) is 6.42 Å². The zero-order chi connectivity index (χ0) is 17.8. The van der Waals surface area contributed by atoms with Crippen LogP contribution < -0.4 is 0 Å². The van der Waals surface area contributed by atoms with Crippen LogP contribution >= 0.6 is 0 Å². The summed E-state index contributed by atoms with van der Waals surface area (Å²) in [6.07, 6.45) is 9.13. The van der Waals surface area contributed by atoms with Crippen LogP contribution in [0.1, 0.15) is 44.1 Å². The fraction of sp³-hybridized carbons (Fsp3) is 0.500. The molecule has 1 aromatic carbocycles. The van der Waals surface area contributed by atoms with Gasteiger partial charge in [0.05, 0.1) is 6.26 Å². The molecule has 1 N–H and O–H groups in total. The van der Waals surface area contributed by atoms with Crippen molar-refractivity contribution in [3.05, 3.63) is 42.0 Å². The molecule has 0 saturated heterocycles. The lowest BCUT2D eigenvalue weighted by Gasteiger charge is -2.19. The Bertz CT molecular complexity index is 611. The van der Waals surface area contributed by atoms with Gasteiger partial charge in [0, 0.05) is 19.5 Å². The van der Waals surface area contributed by atoms with Gasteiger partial charge in [-0.15, -0.1) is 0 Å². The van der Waals surface area contributed by atoms with Crippen molar-refractivity contribution in [2.75, 3.05) is 19.3 Å². The first-order valence-corrected chi connectivity index (χ1v) is 10.1. The van der Waals surface area contributed by atoms with Gasteiger partial charge in [-0.3, -0.25) is 4.79 Å². The van der Waals surface area contributed by atoms with Gasteiger partial charge in [-0.25, -0.2) is 12.7 Å². The van der Waals surface area contributed by atoms with Crippen LogP contribution in [-0.4, -0.2) is 43.1 Å². The predicted octanol–water partition coefficient (Wildman–Crippen LogP) is 3.39. The number of carbonyl (C=O) groups is 1. The van der Waals surface area contributed by atoms with Crippen LogP contribution in [-0.2, 0) is 14.8 Å². The second-order valence-electron chi connectivity index (χ2n) is 5.82. The molecule has 0 aliphatic carbocycles. The lowest BCUT2D eigenvalue weighted by molar-refractivity contribution is -0.137. The van der Waals surface area contributed by atoms with Crippen molar-refractivity contribution >= 4 is 22.1 Å². The van der Waals surface area contributed by atoms with E-state index in [0.29, 0.717) is 25.9 Å². The number of hydrogen-bond donors (Lipinski definition) is 1. The van der Waals surface area contributed by atoms with E-state index >= 15 is 0 Å². The van der Waals surface area contributed by atoms with Crippen molar-refractivity contribution in [2.24, 2.45) is 0 Å². The van der Waals surface area contributed by atoms with E-state index in [1.807, 2.05) is 42.5 Å². The summed E-state index contributed by atoms with van der Waals surface area (Å²) in [4.78, 5) is 10.4. The Morgan fingerprint density at radius 3 is 2.38 bits per heavy atom. The SMILES string of the molecule is CS(=O)(=O)N(CC/C=C/c1ccccc1)CCCCCCC(=O)O. The van der Waals surface area contributed by atoms with Crippen molar-refractivity contribution in [3.8, 4) is 0 Å². The third-order valence-corrected chi connectivity index (χ3v) is 4.98. The number of carboxylic acids is 1. The highest BCUT2D eigenvalue weighted by Crippen LogP contribution is 2.08. The van der Waals surface area contributed by atoms with Gasteiger partial charge in [0.25, 0.3) is 0 Å². The molecular weight excluding hydrogens is 326 g/mol. The lowest BCUT2D eigenvalue weighted by Crippen LogP contribution is -2.31. The van der Waals surface area contributed by atoms with Crippen molar-refractivity contribution in [3.63, 3.8) is 0 Å². The van der Waals surface area contributed by atoms with Crippen LogP contribution in [0.4, 0.5) is 0 Å². The second kappa shape index (κ2) is 11.0. The summed E-state index contributed by atoms with van der Waals surface area (Å²) in [6.45, 7) is 0.961. The molecule has 0 amide bonds. The summed E-state index contributed by atoms with van der Waals surface area (Å²) < 4.78 is 25.2. The molecule has 0 aliphatic heterocycles. The molecule has 5 nitrogen and oxygen atoms in total. The Hall–Kier alpha value is -1.66. The third-order valence-electron chi connectivity index (χ3n) is 3.67. The quantitative estimate of drug-likeness (QED) is 0.585. The summed E-state index contributed by atoms with van der Waals surface area (Å²) in [6, 6.07) is 9.89. The number of rotatable bonds is 12. The summed E-state index contributed by atoms with van der Waals surface area (Å²) in [5, 5.41) is 8.57. The molecule has 0 heterocycles. The Kier molecular flexibility index (Phi) is 9.34. The van der Waals surface area contributed by atoms with E-state index in [1.54, 1.807) is 0 Å². The van der Waals surface area contributed by atoms with E-state index in [4.69, 9.17) is 5.11 Å².